The van der Waals surface area contributed by atoms with E-state index in [-0.39, 0.29) is 29.2 Å². The van der Waals surface area contributed by atoms with Crippen molar-refractivity contribution in [1.82, 2.24) is 0 Å². The molecule has 0 aromatic carbocycles. The second-order valence-electron chi connectivity index (χ2n) is 10.4. The number of rotatable bonds is 3. The van der Waals surface area contributed by atoms with Gasteiger partial charge in [0.1, 0.15) is 11.9 Å². The molecule has 0 amide bonds. The van der Waals surface area contributed by atoms with Crippen LogP contribution < -0.4 is 0 Å². The fourth-order valence-electron chi connectivity index (χ4n) is 7.38. The van der Waals surface area contributed by atoms with Crippen LogP contribution in [-0.2, 0) is 23.8 Å². The van der Waals surface area contributed by atoms with E-state index in [0.717, 1.165) is 38.5 Å². The Labute approximate surface area is 181 Å². The van der Waals surface area contributed by atoms with Gasteiger partial charge in [-0.1, -0.05) is 13.8 Å². The third-order valence-electron chi connectivity index (χ3n) is 8.94. The predicted molar refractivity (Wildman–Crippen MR) is 107 cm³/mol. The van der Waals surface area contributed by atoms with Gasteiger partial charge in [-0.3, -0.25) is 4.79 Å². The number of hydrogen-bond acceptors (Lipinski definition) is 5. The second kappa shape index (κ2) is 7.39. The van der Waals surface area contributed by atoms with E-state index >= 15 is 0 Å². The standard InChI is InChI=1S/C22H31F3O5S/c1-13(26)29-15-8-10-20(2)14(12-15)4-5-16-17-6-7-19(21(17,3)11-9-18(16)20)30-31(27,28)22(23,24)25/h7,14-18H,4-6,8-12H2,1-3H3/t14-,15?,16?,17?,18?,20?,21?/m1/s1. The van der Waals surface area contributed by atoms with Gasteiger partial charge in [-0.25, -0.2) is 0 Å². The van der Waals surface area contributed by atoms with Crippen molar-refractivity contribution in [2.75, 3.05) is 0 Å². The van der Waals surface area contributed by atoms with Crippen LogP contribution in [-0.4, -0.2) is 26.0 Å². The van der Waals surface area contributed by atoms with Gasteiger partial charge in [-0.2, -0.15) is 21.6 Å². The number of ether oxygens (including phenoxy) is 1. The first-order valence-electron chi connectivity index (χ1n) is 11.2. The molecule has 6 unspecified atom stereocenters. The van der Waals surface area contributed by atoms with Crippen molar-refractivity contribution in [2.45, 2.75) is 83.8 Å². The van der Waals surface area contributed by atoms with Crippen molar-refractivity contribution in [3.05, 3.63) is 11.8 Å². The molecule has 7 atom stereocenters. The van der Waals surface area contributed by atoms with E-state index in [2.05, 4.69) is 11.1 Å². The van der Waals surface area contributed by atoms with E-state index in [9.17, 15) is 26.4 Å². The lowest BCUT2D eigenvalue weighted by molar-refractivity contribution is -0.159. The summed E-state index contributed by atoms with van der Waals surface area (Å²) in [5, 5.41) is 0. The molecule has 31 heavy (non-hydrogen) atoms. The molecule has 0 bridgehead atoms. The Hall–Kier alpha value is -1.25. The van der Waals surface area contributed by atoms with E-state index in [1.165, 1.54) is 6.92 Å². The highest BCUT2D eigenvalue weighted by molar-refractivity contribution is 7.87. The maximum atomic E-state index is 12.9. The number of esters is 1. The van der Waals surface area contributed by atoms with E-state index < -0.39 is 21.0 Å². The van der Waals surface area contributed by atoms with Crippen LogP contribution in [0.15, 0.2) is 11.8 Å². The monoisotopic (exact) mass is 464 g/mol. The molecule has 3 fully saturated rings. The Morgan fingerprint density at radius 3 is 2.45 bits per heavy atom. The first-order chi connectivity index (χ1) is 14.3. The van der Waals surface area contributed by atoms with Gasteiger partial charge < -0.3 is 8.92 Å². The number of carbonyl (C=O) groups excluding carboxylic acids is 1. The Morgan fingerprint density at radius 2 is 1.81 bits per heavy atom. The van der Waals surface area contributed by atoms with Gasteiger partial charge in [-0.05, 0) is 86.5 Å². The summed E-state index contributed by atoms with van der Waals surface area (Å²) in [5.41, 5.74) is -5.99. The fraction of sp³-hybridized carbons (Fsp3) is 0.864. The summed E-state index contributed by atoms with van der Waals surface area (Å²) in [6.45, 7) is 5.64. The number of allylic oxidation sites excluding steroid dienone is 2. The molecule has 4 aliphatic carbocycles. The lowest BCUT2D eigenvalue weighted by atomic mass is 9.45. The summed E-state index contributed by atoms with van der Waals surface area (Å²) in [6.07, 6.45) is 8.21. The minimum Gasteiger partial charge on any atom is -0.463 e. The lowest BCUT2D eigenvalue weighted by Crippen LogP contribution is -2.54. The summed E-state index contributed by atoms with van der Waals surface area (Å²) >= 11 is 0. The number of hydrogen-bond donors (Lipinski definition) is 0. The number of alkyl halides is 3. The van der Waals surface area contributed by atoms with E-state index in [1.807, 2.05) is 6.92 Å². The topological polar surface area (TPSA) is 69.7 Å². The zero-order valence-electron chi connectivity index (χ0n) is 18.2. The van der Waals surface area contributed by atoms with Gasteiger partial charge in [0.25, 0.3) is 0 Å². The maximum Gasteiger partial charge on any atom is 0.534 e. The van der Waals surface area contributed by atoms with Crippen molar-refractivity contribution >= 4 is 16.1 Å². The molecular weight excluding hydrogens is 433 g/mol. The molecule has 0 aliphatic heterocycles. The summed E-state index contributed by atoms with van der Waals surface area (Å²) < 4.78 is 72.0. The van der Waals surface area contributed by atoms with Crippen molar-refractivity contribution < 1.29 is 35.3 Å². The Morgan fingerprint density at radius 1 is 1.10 bits per heavy atom. The first kappa shape index (κ1) is 22.9. The molecule has 9 heteroatoms. The molecule has 3 saturated carbocycles. The third kappa shape index (κ3) is 3.68. The molecule has 5 nitrogen and oxygen atoms in total. The van der Waals surface area contributed by atoms with Gasteiger partial charge in [0.05, 0.1) is 0 Å². The van der Waals surface area contributed by atoms with E-state index in [4.69, 9.17) is 4.74 Å². The molecule has 0 spiro atoms. The smallest absolute Gasteiger partial charge is 0.463 e. The molecule has 4 rings (SSSR count). The minimum atomic E-state index is -5.66. The van der Waals surface area contributed by atoms with Crippen molar-refractivity contribution in [2.24, 2.45) is 34.5 Å². The zero-order chi connectivity index (χ0) is 22.8. The molecule has 0 aromatic heterocycles. The van der Waals surface area contributed by atoms with E-state index in [0.29, 0.717) is 30.6 Å². The van der Waals surface area contributed by atoms with Crippen LogP contribution in [0.4, 0.5) is 13.2 Å². The lowest BCUT2D eigenvalue weighted by Gasteiger charge is -2.60. The molecule has 0 radical (unpaired) electrons. The van der Waals surface area contributed by atoms with Gasteiger partial charge >= 0.3 is 21.6 Å². The van der Waals surface area contributed by atoms with Crippen molar-refractivity contribution in [3.63, 3.8) is 0 Å². The maximum absolute atomic E-state index is 12.9. The summed E-state index contributed by atoms with van der Waals surface area (Å²) in [6, 6.07) is 0. The van der Waals surface area contributed by atoms with E-state index in [1.54, 1.807) is 6.08 Å². The quantitative estimate of drug-likeness (QED) is 0.321. The molecule has 0 N–H and O–H groups in total. The fourth-order valence-corrected chi connectivity index (χ4v) is 7.97. The van der Waals surface area contributed by atoms with Crippen molar-refractivity contribution in [3.8, 4) is 0 Å². The first-order valence-corrected chi connectivity index (χ1v) is 12.6. The third-order valence-corrected chi connectivity index (χ3v) is 9.91. The average Bonchev–Trinajstić information content (AvgIpc) is 2.96. The Kier molecular flexibility index (Phi) is 5.46. The van der Waals surface area contributed by atoms with Crippen LogP contribution in [0.5, 0.6) is 0 Å². The van der Waals surface area contributed by atoms with Gasteiger partial charge in [-0.15, -0.1) is 0 Å². The van der Waals surface area contributed by atoms with Crippen molar-refractivity contribution in [1.29, 1.82) is 0 Å². The normalized spacial score (nSPS) is 42.6. The van der Waals surface area contributed by atoms with Crippen LogP contribution in [0.3, 0.4) is 0 Å². The zero-order valence-corrected chi connectivity index (χ0v) is 19.0. The second-order valence-corrected chi connectivity index (χ2v) is 11.9. The highest BCUT2D eigenvalue weighted by Crippen LogP contribution is 2.66. The van der Waals surface area contributed by atoms with Crippen LogP contribution in [0.25, 0.3) is 0 Å². The van der Waals surface area contributed by atoms with Gasteiger partial charge in [0, 0.05) is 12.3 Å². The van der Waals surface area contributed by atoms with Crippen LogP contribution >= 0.6 is 0 Å². The molecule has 0 aromatic rings. The molecule has 176 valence electrons. The molecule has 4 aliphatic rings. The Bertz CT molecular complexity index is 882. The Balaban J connectivity index is 1.51. The average molecular weight is 465 g/mol. The largest absolute Gasteiger partial charge is 0.534 e. The van der Waals surface area contributed by atoms with Crippen LogP contribution in [0, 0.1) is 34.5 Å². The highest BCUT2D eigenvalue weighted by atomic mass is 32.2. The summed E-state index contributed by atoms with van der Waals surface area (Å²) in [7, 11) is -5.66. The SMILES string of the molecule is CC(=O)OC1CCC2(C)C3CCC4(C)C(OS(=O)(=O)C(F)(F)F)=CCC4C3CC[C@@H]2C1. The summed E-state index contributed by atoms with van der Waals surface area (Å²) in [4.78, 5) is 11.4. The van der Waals surface area contributed by atoms with Crippen LogP contribution in [0.2, 0.25) is 0 Å². The van der Waals surface area contributed by atoms with Crippen LogP contribution in [0.1, 0.15) is 72.1 Å². The summed E-state index contributed by atoms with van der Waals surface area (Å²) in [5.74, 6) is 1.06. The number of fused-ring (bicyclic) bond motifs is 5. The molecular formula is C22H31F3O5S. The minimum absolute atomic E-state index is 0.0262. The highest BCUT2D eigenvalue weighted by Gasteiger charge is 2.61. The molecule has 0 saturated heterocycles. The molecule has 0 heterocycles. The number of halogens is 3. The number of carbonyl (C=O) groups is 1. The predicted octanol–water partition coefficient (Wildman–Crippen LogP) is 5.32. The van der Waals surface area contributed by atoms with Gasteiger partial charge in [0.15, 0.2) is 0 Å². The van der Waals surface area contributed by atoms with Gasteiger partial charge in [0.2, 0.25) is 0 Å².